The van der Waals surface area contributed by atoms with Crippen molar-refractivity contribution in [3.05, 3.63) is 99.9 Å². The predicted molar refractivity (Wildman–Crippen MR) is 115 cm³/mol. The highest BCUT2D eigenvalue weighted by atomic mass is 35.5. The van der Waals surface area contributed by atoms with Crippen LogP contribution >= 0.6 is 11.6 Å². The van der Waals surface area contributed by atoms with E-state index in [0.29, 0.717) is 28.6 Å². The molecule has 0 saturated heterocycles. The van der Waals surface area contributed by atoms with E-state index in [1.165, 1.54) is 6.08 Å². The first-order chi connectivity index (χ1) is 13.4. The van der Waals surface area contributed by atoms with Crippen molar-refractivity contribution in [2.45, 2.75) is 13.5 Å². The molecule has 0 unspecified atom stereocenters. The van der Waals surface area contributed by atoms with Crippen molar-refractivity contribution in [1.29, 1.82) is 0 Å². The number of nitrogens with one attached hydrogen (secondary N) is 1. The van der Waals surface area contributed by atoms with Crippen LogP contribution in [0.15, 0.2) is 78.2 Å². The number of anilines is 1. The Labute approximate surface area is 170 Å². The van der Waals surface area contributed by atoms with Crippen molar-refractivity contribution < 1.29 is 13.2 Å². The number of halogens is 1. The van der Waals surface area contributed by atoms with Gasteiger partial charge in [-0.2, -0.15) is 0 Å². The second-order valence-corrected chi connectivity index (χ2v) is 8.31. The Morgan fingerprint density at radius 1 is 1.00 bits per heavy atom. The van der Waals surface area contributed by atoms with Crippen LogP contribution in [0, 0.1) is 6.92 Å². The minimum absolute atomic E-state index is 0.409. The van der Waals surface area contributed by atoms with E-state index in [9.17, 15) is 8.42 Å². The summed E-state index contributed by atoms with van der Waals surface area (Å²) >= 11 is 5.91. The number of hydrogen-bond donors (Lipinski definition) is 1. The van der Waals surface area contributed by atoms with Crippen LogP contribution < -0.4 is 9.46 Å². The molecule has 3 aromatic carbocycles. The Kier molecular flexibility index (Phi) is 6.39. The zero-order valence-electron chi connectivity index (χ0n) is 15.3. The zero-order chi connectivity index (χ0) is 20.0. The third kappa shape index (κ3) is 6.15. The fraction of sp³-hybridized carbons (Fsp3) is 0.0909. The van der Waals surface area contributed by atoms with Gasteiger partial charge in [0.1, 0.15) is 12.4 Å². The summed E-state index contributed by atoms with van der Waals surface area (Å²) in [5.41, 5.74) is 3.34. The van der Waals surface area contributed by atoms with E-state index in [-0.39, 0.29) is 0 Å². The van der Waals surface area contributed by atoms with Crippen molar-refractivity contribution >= 4 is 33.4 Å². The van der Waals surface area contributed by atoms with E-state index in [4.69, 9.17) is 16.3 Å². The van der Waals surface area contributed by atoms with Crippen LogP contribution in [-0.4, -0.2) is 8.42 Å². The van der Waals surface area contributed by atoms with Gasteiger partial charge >= 0.3 is 0 Å². The Morgan fingerprint density at radius 3 is 2.57 bits per heavy atom. The summed E-state index contributed by atoms with van der Waals surface area (Å²) in [5, 5.41) is 1.66. The lowest BCUT2D eigenvalue weighted by Crippen LogP contribution is -2.08. The lowest BCUT2D eigenvalue weighted by Gasteiger charge is -2.09. The molecule has 0 aliphatic rings. The minimum atomic E-state index is -3.66. The lowest BCUT2D eigenvalue weighted by molar-refractivity contribution is 0.306. The SMILES string of the molecule is Cc1cccc(COc2cccc(NS(=O)(=O)/C=C/c3cccc(Cl)c3)c2)c1. The molecule has 144 valence electrons. The maximum absolute atomic E-state index is 12.3. The molecule has 0 heterocycles. The maximum atomic E-state index is 12.3. The molecular weight excluding hydrogens is 394 g/mol. The van der Waals surface area contributed by atoms with Gasteiger partial charge in [-0.15, -0.1) is 0 Å². The van der Waals surface area contributed by atoms with Gasteiger partial charge < -0.3 is 4.74 Å². The fourth-order valence-corrected chi connectivity index (χ4v) is 3.65. The highest BCUT2D eigenvalue weighted by Crippen LogP contribution is 2.20. The second kappa shape index (κ2) is 8.95. The Bertz CT molecular complexity index is 1090. The van der Waals surface area contributed by atoms with Crippen LogP contribution in [0.1, 0.15) is 16.7 Å². The number of sulfonamides is 1. The largest absolute Gasteiger partial charge is 0.489 e. The van der Waals surface area contributed by atoms with Crippen LogP contribution in [0.25, 0.3) is 6.08 Å². The van der Waals surface area contributed by atoms with Gasteiger partial charge in [-0.3, -0.25) is 4.72 Å². The topological polar surface area (TPSA) is 55.4 Å². The van der Waals surface area contributed by atoms with Gasteiger partial charge in [-0.1, -0.05) is 59.6 Å². The van der Waals surface area contributed by atoms with Crippen molar-refractivity contribution in [2.75, 3.05) is 4.72 Å². The van der Waals surface area contributed by atoms with Gasteiger partial charge in [-0.05, 0) is 48.4 Å². The molecule has 28 heavy (non-hydrogen) atoms. The van der Waals surface area contributed by atoms with Gasteiger partial charge in [0.2, 0.25) is 0 Å². The van der Waals surface area contributed by atoms with Gasteiger partial charge in [0, 0.05) is 11.1 Å². The number of ether oxygens (including phenoxy) is 1. The number of benzene rings is 3. The fourth-order valence-electron chi connectivity index (χ4n) is 2.59. The quantitative estimate of drug-likeness (QED) is 0.545. The zero-order valence-corrected chi connectivity index (χ0v) is 16.9. The van der Waals surface area contributed by atoms with Crippen LogP contribution in [0.2, 0.25) is 5.02 Å². The van der Waals surface area contributed by atoms with E-state index in [1.807, 2.05) is 31.2 Å². The maximum Gasteiger partial charge on any atom is 0.255 e. The lowest BCUT2D eigenvalue weighted by atomic mass is 10.1. The first-order valence-corrected chi connectivity index (χ1v) is 10.6. The molecule has 0 spiro atoms. The molecule has 0 radical (unpaired) electrons. The summed E-state index contributed by atoms with van der Waals surface area (Å²) in [6.45, 7) is 2.43. The molecule has 3 rings (SSSR count). The molecule has 0 fully saturated rings. The number of aryl methyl sites for hydroxylation is 1. The van der Waals surface area contributed by atoms with Gasteiger partial charge in [-0.25, -0.2) is 8.42 Å². The molecule has 0 saturated carbocycles. The van der Waals surface area contributed by atoms with Gasteiger partial charge in [0.15, 0.2) is 0 Å². The molecular formula is C22H20ClNO3S. The summed E-state index contributed by atoms with van der Waals surface area (Å²) in [7, 11) is -3.66. The van der Waals surface area contributed by atoms with Crippen molar-refractivity contribution in [3.8, 4) is 5.75 Å². The Morgan fingerprint density at radius 2 is 1.79 bits per heavy atom. The smallest absolute Gasteiger partial charge is 0.255 e. The molecule has 0 aromatic heterocycles. The molecule has 0 aliphatic carbocycles. The Hall–Kier alpha value is -2.76. The minimum Gasteiger partial charge on any atom is -0.489 e. The molecule has 1 N–H and O–H groups in total. The molecule has 6 heteroatoms. The molecule has 0 amide bonds. The summed E-state index contributed by atoms with van der Waals surface area (Å²) in [5.74, 6) is 0.584. The first kappa shape index (κ1) is 20.0. The summed E-state index contributed by atoms with van der Waals surface area (Å²) < 4.78 is 32.9. The van der Waals surface area contributed by atoms with E-state index < -0.39 is 10.0 Å². The van der Waals surface area contributed by atoms with E-state index >= 15 is 0 Å². The predicted octanol–water partition coefficient (Wildman–Crippen LogP) is 5.64. The summed E-state index contributed by atoms with van der Waals surface area (Å²) in [6.07, 6.45) is 1.49. The first-order valence-electron chi connectivity index (χ1n) is 8.64. The molecule has 0 aliphatic heterocycles. The average molecular weight is 414 g/mol. The van der Waals surface area contributed by atoms with Crippen molar-refractivity contribution in [2.24, 2.45) is 0 Å². The van der Waals surface area contributed by atoms with Crippen LogP contribution in [0.3, 0.4) is 0 Å². The monoisotopic (exact) mass is 413 g/mol. The number of hydrogen-bond acceptors (Lipinski definition) is 3. The standard InChI is InChI=1S/C22H20ClNO3S/c1-17-5-2-7-19(13-17)16-27-22-10-4-9-21(15-22)24-28(25,26)12-11-18-6-3-8-20(23)14-18/h2-15,24H,16H2,1H3/b12-11+. The molecule has 0 atom stereocenters. The molecule has 4 nitrogen and oxygen atoms in total. The molecule has 0 bridgehead atoms. The molecule has 3 aromatic rings. The number of rotatable bonds is 7. The van der Waals surface area contributed by atoms with E-state index in [2.05, 4.69) is 4.72 Å². The Balaban J connectivity index is 1.66. The summed E-state index contributed by atoms with van der Waals surface area (Å²) in [4.78, 5) is 0. The highest BCUT2D eigenvalue weighted by Gasteiger charge is 2.07. The third-order valence-electron chi connectivity index (χ3n) is 3.87. The van der Waals surface area contributed by atoms with E-state index in [0.717, 1.165) is 16.5 Å². The second-order valence-electron chi connectivity index (χ2n) is 6.31. The van der Waals surface area contributed by atoms with Crippen LogP contribution in [0.4, 0.5) is 5.69 Å². The van der Waals surface area contributed by atoms with Crippen LogP contribution in [0.5, 0.6) is 5.75 Å². The highest BCUT2D eigenvalue weighted by molar-refractivity contribution is 7.95. The third-order valence-corrected chi connectivity index (χ3v) is 5.12. The van der Waals surface area contributed by atoms with E-state index in [1.54, 1.807) is 48.5 Å². The van der Waals surface area contributed by atoms with Crippen molar-refractivity contribution in [3.63, 3.8) is 0 Å². The van der Waals surface area contributed by atoms with Crippen molar-refractivity contribution in [1.82, 2.24) is 0 Å². The average Bonchev–Trinajstić information content (AvgIpc) is 2.65. The normalized spacial score (nSPS) is 11.5. The van der Waals surface area contributed by atoms with Crippen LogP contribution in [-0.2, 0) is 16.6 Å². The summed E-state index contributed by atoms with van der Waals surface area (Å²) in [6, 6.07) is 21.8. The van der Waals surface area contributed by atoms with Gasteiger partial charge in [0.05, 0.1) is 11.1 Å². The van der Waals surface area contributed by atoms with Gasteiger partial charge in [0.25, 0.3) is 10.0 Å².